The van der Waals surface area contributed by atoms with E-state index in [2.05, 4.69) is 0 Å². The summed E-state index contributed by atoms with van der Waals surface area (Å²) in [7, 11) is 0. The van der Waals surface area contributed by atoms with Crippen LogP contribution in [0.4, 0.5) is 0 Å². The largest absolute Gasteiger partial charge is 0.370 e. The highest BCUT2D eigenvalue weighted by molar-refractivity contribution is 6.00. The van der Waals surface area contributed by atoms with Crippen LogP contribution in [0.15, 0.2) is 18.2 Å². The Morgan fingerprint density at radius 2 is 1.36 bits per heavy atom. The first-order valence-electron chi connectivity index (χ1n) is 8.47. The number of benzene rings is 1. The third-order valence-corrected chi connectivity index (χ3v) is 4.18. The molecule has 0 radical (unpaired) electrons. The van der Waals surface area contributed by atoms with Gasteiger partial charge in [-0.15, -0.1) is 0 Å². The van der Waals surface area contributed by atoms with Crippen LogP contribution >= 0.6 is 0 Å². The van der Waals surface area contributed by atoms with Crippen LogP contribution in [0.25, 0.3) is 0 Å². The molecule has 1 rings (SSSR count). The molecule has 4 N–H and O–H groups in total. The van der Waals surface area contributed by atoms with E-state index in [1.165, 1.54) is 19.9 Å². The first-order chi connectivity index (χ1) is 11.7. The summed E-state index contributed by atoms with van der Waals surface area (Å²) in [5.74, 6) is -1.67. The van der Waals surface area contributed by atoms with Gasteiger partial charge in [0.1, 0.15) is 0 Å². The Kier molecular flexibility index (Phi) is 7.98. The molecule has 6 nitrogen and oxygen atoms in total. The fraction of sp³-hybridized carbons (Fsp3) is 0.474. The van der Waals surface area contributed by atoms with E-state index in [0.29, 0.717) is 29.5 Å². The quantitative estimate of drug-likeness (QED) is 0.472. The van der Waals surface area contributed by atoms with Crippen molar-refractivity contribution in [1.82, 2.24) is 0 Å². The lowest BCUT2D eigenvalue weighted by atomic mass is 9.88. The van der Waals surface area contributed by atoms with Crippen molar-refractivity contribution >= 4 is 23.4 Å². The van der Waals surface area contributed by atoms with Gasteiger partial charge in [-0.05, 0) is 50.5 Å². The molecule has 0 bridgehead atoms. The van der Waals surface area contributed by atoms with Crippen molar-refractivity contribution in [1.29, 1.82) is 0 Å². The Balaban J connectivity index is 2.84. The maximum absolute atomic E-state index is 11.9. The van der Waals surface area contributed by atoms with Crippen LogP contribution in [0.3, 0.4) is 0 Å². The van der Waals surface area contributed by atoms with Crippen LogP contribution in [-0.2, 0) is 9.59 Å². The minimum absolute atomic E-state index is 0.168. The average Bonchev–Trinajstić information content (AvgIpc) is 2.52. The Bertz CT molecular complexity index is 635. The van der Waals surface area contributed by atoms with Crippen molar-refractivity contribution in [2.75, 3.05) is 0 Å². The zero-order valence-electron chi connectivity index (χ0n) is 14.8. The number of hydrogen-bond donors (Lipinski definition) is 2. The summed E-state index contributed by atoms with van der Waals surface area (Å²) < 4.78 is 0. The predicted molar refractivity (Wildman–Crippen MR) is 95.3 cm³/mol. The molecule has 0 aromatic heterocycles. The Hall–Kier alpha value is -2.50. The maximum Gasteiger partial charge on any atom is 0.224 e. The van der Waals surface area contributed by atoms with E-state index in [0.717, 1.165) is 25.7 Å². The van der Waals surface area contributed by atoms with Crippen LogP contribution in [0.1, 0.15) is 84.6 Å². The highest BCUT2D eigenvalue weighted by atomic mass is 16.1. The van der Waals surface area contributed by atoms with Crippen molar-refractivity contribution in [2.24, 2.45) is 11.5 Å². The van der Waals surface area contributed by atoms with E-state index in [-0.39, 0.29) is 17.5 Å². The van der Waals surface area contributed by atoms with Crippen LogP contribution in [0, 0.1) is 0 Å². The fourth-order valence-electron chi connectivity index (χ4n) is 2.73. The molecule has 2 amide bonds. The summed E-state index contributed by atoms with van der Waals surface area (Å²) in [5, 5.41) is 0. The molecule has 1 atom stereocenters. The van der Waals surface area contributed by atoms with Gasteiger partial charge in [0.2, 0.25) is 11.8 Å². The first kappa shape index (κ1) is 20.5. The fourth-order valence-corrected chi connectivity index (χ4v) is 2.73. The Morgan fingerprint density at radius 1 is 0.840 bits per heavy atom. The number of rotatable bonds is 11. The number of Topliss-reactive ketones (excluding diaryl/α,β-unsaturated/α-hetero) is 2. The standard InChI is InChI=1S/C19H26N2O4/c1-12(22)14-9-15(13(2)23)11-16(10-14)17(19(21)25)7-5-3-4-6-8-18(20)24/h9-11,17H,3-8H2,1-2H3,(H2,20,24)(H2,21,25). The number of unbranched alkanes of at least 4 members (excludes halogenated alkanes) is 3. The van der Waals surface area contributed by atoms with E-state index >= 15 is 0 Å². The van der Waals surface area contributed by atoms with E-state index in [4.69, 9.17) is 11.5 Å². The number of carbonyl (C=O) groups is 4. The second-order valence-electron chi connectivity index (χ2n) is 6.33. The molecular formula is C19H26N2O4. The second-order valence-corrected chi connectivity index (χ2v) is 6.33. The van der Waals surface area contributed by atoms with Gasteiger partial charge < -0.3 is 11.5 Å². The maximum atomic E-state index is 11.9. The van der Waals surface area contributed by atoms with E-state index in [1.54, 1.807) is 12.1 Å². The molecule has 6 heteroatoms. The lowest BCUT2D eigenvalue weighted by molar-refractivity contribution is -0.119. The number of ketones is 2. The molecule has 1 aromatic rings. The predicted octanol–water partition coefficient (Wildman–Crippen LogP) is 2.49. The molecule has 25 heavy (non-hydrogen) atoms. The number of hydrogen-bond acceptors (Lipinski definition) is 4. The number of primary amides is 2. The highest BCUT2D eigenvalue weighted by Gasteiger charge is 2.20. The molecule has 0 fully saturated rings. The number of carbonyl (C=O) groups excluding carboxylic acids is 4. The van der Waals surface area contributed by atoms with Gasteiger partial charge in [0.25, 0.3) is 0 Å². The minimum Gasteiger partial charge on any atom is -0.370 e. The van der Waals surface area contributed by atoms with E-state index < -0.39 is 11.8 Å². The van der Waals surface area contributed by atoms with Gasteiger partial charge in [0.15, 0.2) is 11.6 Å². The SMILES string of the molecule is CC(=O)c1cc(C(C)=O)cc(C(CCCCCCC(N)=O)C(N)=O)c1. The van der Waals surface area contributed by atoms with Gasteiger partial charge in [-0.3, -0.25) is 19.2 Å². The molecule has 1 aromatic carbocycles. The van der Waals surface area contributed by atoms with Crippen molar-refractivity contribution in [3.63, 3.8) is 0 Å². The Morgan fingerprint density at radius 3 is 1.80 bits per heavy atom. The molecule has 0 saturated heterocycles. The second kappa shape index (κ2) is 9.71. The smallest absolute Gasteiger partial charge is 0.224 e. The third kappa shape index (κ3) is 6.87. The molecule has 0 saturated carbocycles. The third-order valence-electron chi connectivity index (χ3n) is 4.18. The van der Waals surface area contributed by atoms with Gasteiger partial charge >= 0.3 is 0 Å². The van der Waals surface area contributed by atoms with Gasteiger partial charge in [-0.1, -0.05) is 19.3 Å². The molecule has 0 aliphatic heterocycles. The van der Waals surface area contributed by atoms with E-state index in [9.17, 15) is 19.2 Å². The Labute approximate surface area is 148 Å². The van der Waals surface area contributed by atoms with Crippen LogP contribution in [0.5, 0.6) is 0 Å². The van der Waals surface area contributed by atoms with Crippen molar-refractivity contribution in [3.05, 3.63) is 34.9 Å². The summed E-state index contributed by atoms with van der Waals surface area (Å²) in [6.45, 7) is 2.84. The molecule has 0 aliphatic rings. The molecule has 136 valence electrons. The van der Waals surface area contributed by atoms with Crippen LogP contribution < -0.4 is 11.5 Å². The van der Waals surface area contributed by atoms with Crippen molar-refractivity contribution < 1.29 is 19.2 Å². The molecule has 0 spiro atoms. The zero-order valence-corrected chi connectivity index (χ0v) is 14.8. The average molecular weight is 346 g/mol. The van der Waals surface area contributed by atoms with Crippen LogP contribution in [-0.4, -0.2) is 23.4 Å². The summed E-state index contributed by atoms with van der Waals surface area (Å²) in [5.41, 5.74) is 12.0. The first-order valence-corrected chi connectivity index (χ1v) is 8.47. The molecule has 0 heterocycles. The van der Waals surface area contributed by atoms with Gasteiger partial charge in [-0.25, -0.2) is 0 Å². The number of amides is 2. The lowest BCUT2D eigenvalue weighted by Gasteiger charge is -2.16. The summed E-state index contributed by atoms with van der Waals surface area (Å²) >= 11 is 0. The summed E-state index contributed by atoms with van der Waals surface area (Å²) in [6, 6.07) is 4.81. The summed E-state index contributed by atoms with van der Waals surface area (Å²) in [4.78, 5) is 45.9. The topological polar surface area (TPSA) is 120 Å². The van der Waals surface area contributed by atoms with Gasteiger partial charge in [0.05, 0.1) is 5.92 Å². The van der Waals surface area contributed by atoms with E-state index in [1.807, 2.05) is 0 Å². The molecule has 0 aliphatic carbocycles. The molecular weight excluding hydrogens is 320 g/mol. The van der Waals surface area contributed by atoms with Gasteiger partial charge in [0, 0.05) is 17.5 Å². The minimum atomic E-state index is -0.548. The lowest BCUT2D eigenvalue weighted by Crippen LogP contribution is -2.22. The highest BCUT2D eigenvalue weighted by Crippen LogP contribution is 2.25. The van der Waals surface area contributed by atoms with Gasteiger partial charge in [-0.2, -0.15) is 0 Å². The van der Waals surface area contributed by atoms with Crippen molar-refractivity contribution in [2.45, 2.75) is 58.3 Å². The van der Waals surface area contributed by atoms with Crippen molar-refractivity contribution in [3.8, 4) is 0 Å². The summed E-state index contributed by atoms with van der Waals surface area (Å²) in [6.07, 6.45) is 4.08. The number of nitrogens with two attached hydrogens (primary N) is 2. The van der Waals surface area contributed by atoms with Crippen LogP contribution in [0.2, 0.25) is 0 Å². The zero-order chi connectivity index (χ0) is 19.0. The molecule has 1 unspecified atom stereocenters. The normalized spacial score (nSPS) is 11.8. The monoisotopic (exact) mass is 346 g/mol.